The molecule has 0 aliphatic carbocycles. The molecular formula is C14H14ClN3O. The van der Waals surface area contributed by atoms with Crippen LogP contribution in [0, 0.1) is 0 Å². The third kappa shape index (κ3) is 4.26. The Morgan fingerprint density at radius 1 is 1.16 bits per heavy atom. The topological polar surface area (TPSA) is 54.0 Å². The van der Waals surface area contributed by atoms with Crippen LogP contribution in [-0.4, -0.2) is 16.8 Å². The molecule has 5 heteroatoms. The van der Waals surface area contributed by atoms with E-state index in [-0.39, 0.29) is 11.8 Å². The lowest BCUT2D eigenvalue weighted by Crippen LogP contribution is -2.12. The Labute approximate surface area is 116 Å². The molecule has 19 heavy (non-hydrogen) atoms. The van der Waals surface area contributed by atoms with Gasteiger partial charge in [0.15, 0.2) is 0 Å². The average molecular weight is 276 g/mol. The summed E-state index contributed by atoms with van der Waals surface area (Å²) in [6.45, 7) is 0.681. The molecule has 0 spiro atoms. The summed E-state index contributed by atoms with van der Waals surface area (Å²) in [7, 11) is 0. The van der Waals surface area contributed by atoms with Gasteiger partial charge in [-0.1, -0.05) is 18.2 Å². The molecule has 1 aromatic heterocycles. The first kappa shape index (κ1) is 13.4. The number of aromatic nitrogens is 1. The Kier molecular flexibility index (Phi) is 4.75. The zero-order valence-corrected chi connectivity index (χ0v) is 11.0. The Morgan fingerprint density at radius 2 is 1.95 bits per heavy atom. The lowest BCUT2D eigenvalue weighted by molar-refractivity contribution is -0.113. The molecule has 4 nitrogen and oxygen atoms in total. The number of carbonyl (C=O) groups excluding carboxylic acids is 1. The Balaban J connectivity index is 1.90. The van der Waals surface area contributed by atoms with Crippen molar-refractivity contribution in [1.29, 1.82) is 0 Å². The van der Waals surface area contributed by atoms with Crippen LogP contribution < -0.4 is 10.6 Å². The van der Waals surface area contributed by atoms with Gasteiger partial charge in [-0.05, 0) is 29.8 Å². The number of anilines is 2. The van der Waals surface area contributed by atoms with Crippen LogP contribution in [0.2, 0.25) is 0 Å². The second-order valence-corrected chi connectivity index (χ2v) is 4.21. The van der Waals surface area contributed by atoms with E-state index in [1.807, 2.05) is 42.5 Å². The van der Waals surface area contributed by atoms with E-state index in [2.05, 4.69) is 15.6 Å². The number of carbonyl (C=O) groups is 1. The van der Waals surface area contributed by atoms with Gasteiger partial charge in [-0.15, -0.1) is 11.6 Å². The largest absolute Gasteiger partial charge is 0.366 e. The molecule has 0 saturated heterocycles. The maximum absolute atomic E-state index is 11.1. The molecule has 1 heterocycles. The molecule has 0 aliphatic heterocycles. The molecule has 98 valence electrons. The SMILES string of the molecule is O=C(CCl)Nc1ccc(CNc2ccccn2)cc1. The molecule has 0 fully saturated rings. The van der Waals surface area contributed by atoms with Crippen molar-refractivity contribution in [2.45, 2.75) is 6.54 Å². The normalized spacial score (nSPS) is 9.95. The van der Waals surface area contributed by atoms with E-state index in [0.717, 1.165) is 17.1 Å². The van der Waals surface area contributed by atoms with E-state index in [0.29, 0.717) is 6.54 Å². The summed E-state index contributed by atoms with van der Waals surface area (Å²) in [5.74, 6) is 0.589. The number of amides is 1. The highest BCUT2D eigenvalue weighted by molar-refractivity contribution is 6.29. The van der Waals surface area contributed by atoms with Crippen molar-refractivity contribution in [1.82, 2.24) is 4.98 Å². The highest BCUT2D eigenvalue weighted by Gasteiger charge is 2.00. The van der Waals surface area contributed by atoms with Gasteiger partial charge in [0.2, 0.25) is 5.91 Å². The lowest BCUT2D eigenvalue weighted by Gasteiger charge is -2.07. The second kappa shape index (κ2) is 6.75. The van der Waals surface area contributed by atoms with Gasteiger partial charge in [0.05, 0.1) is 0 Å². The van der Waals surface area contributed by atoms with Crippen LogP contribution in [0.15, 0.2) is 48.7 Å². The molecule has 0 radical (unpaired) electrons. The van der Waals surface area contributed by atoms with Crippen LogP contribution in [0.4, 0.5) is 11.5 Å². The standard InChI is InChI=1S/C14H14ClN3O/c15-9-14(19)18-12-6-4-11(5-7-12)10-17-13-3-1-2-8-16-13/h1-8H,9-10H2,(H,16,17)(H,18,19). The van der Waals surface area contributed by atoms with Gasteiger partial charge in [-0.2, -0.15) is 0 Å². The smallest absolute Gasteiger partial charge is 0.239 e. The third-order valence-corrected chi connectivity index (χ3v) is 2.74. The minimum atomic E-state index is -0.207. The number of nitrogens with zero attached hydrogens (tertiary/aromatic N) is 1. The minimum Gasteiger partial charge on any atom is -0.366 e. The number of alkyl halides is 1. The van der Waals surface area contributed by atoms with Crippen molar-refractivity contribution < 1.29 is 4.79 Å². The molecular weight excluding hydrogens is 262 g/mol. The second-order valence-electron chi connectivity index (χ2n) is 3.95. The molecule has 0 saturated carbocycles. The van der Waals surface area contributed by atoms with Gasteiger partial charge in [0.1, 0.15) is 11.7 Å². The maximum Gasteiger partial charge on any atom is 0.239 e. The fraction of sp³-hybridized carbons (Fsp3) is 0.143. The first-order valence-corrected chi connectivity index (χ1v) is 6.41. The zero-order valence-electron chi connectivity index (χ0n) is 10.3. The number of benzene rings is 1. The van der Waals surface area contributed by atoms with Gasteiger partial charge >= 0.3 is 0 Å². The van der Waals surface area contributed by atoms with Gasteiger partial charge in [0, 0.05) is 18.4 Å². The predicted octanol–water partition coefficient (Wildman–Crippen LogP) is 2.87. The van der Waals surface area contributed by atoms with Crippen molar-refractivity contribution >= 4 is 29.0 Å². The Morgan fingerprint density at radius 3 is 2.58 bits per heavy atom. The molecule has 1 amide bonds. The quantitative estimate of drug-likeness (QED) is 0.825. The summed E-state index contributed by atoms with van der Waals surface area (Å²) >= 11 is 5.42. The number of halogens is 1. The van der Waals surface area contributed by atoms with Crippen molar-refractivity contribution in [2.75, 3.05) is 16.5 Å². The molecule has 2 N–H and O–H groups in total. The summed E-state index contributed by atoms with van der Waals surface area (Å²) in [5, 5.41) is 5.90. The summed E-state index contributed by atoms with van der Waals surface area (Å²) in [5.41, 5.74) is 1.85. The van der Waals surface area contributed by atoms with Crippen LogP contribution >= 0.6 is 11.6 Å². The Bertz CT molecular complexity index is 528. The molecule has 0 aliphatic rings. The number of hydrogen-bond acceptors (Lipinski definition) is 3. The molecule has 0 unspecified atom stereocenters. The predicted molar refractivity (Wildman–Crippen MR) is 77.4 cm³/mol. The van der Waals surface area contributed by atoms with Crippen molar-refractivity contribution in [3.05, 3.63) is 54.2 Å². The van der Waals surface area contributed by atoms with E-state index >= 15 is 0 Å². The van der Waals surface area contributed by atoms with E-state index in [9.17, 15) is 4.79 Å². The summed E-state index contributed by atoms with van der Waals surface area (Å²) < 4.78 is 0. The van der Waals surface area contributed by atoms with E-state index in [1.54, 1.807) is 6.20 Å². The summed E-state index contributed by atoms with van der Waals surface area (Å²) in [4.78, 5) is 15.3. The van der Waals surface area contributed by atoms with Crippen LogP contribution in [0.5, 0.6) is 0 Å². The van der Waals surface area contributed by atoms with Gasteiger partial charge in [-0.25, -0.2) is 4.98 Å². The zero-order chi connectivity index (χ0) is 13.5. The van der Waals surface area contributed by atoms with Crippen molar-refractivity contribution in [3.63, 3.8) is 0 Å². The lowest BCUT2D eigenvalue weighted by atomic mass is 10.2. The van der Waals surface area contributed by atoms with Gasteiger partial charge in [0.25, 0.3) is 0 Å². The van der Waals surface area contributed by atoms with Crippen molar-refractivity contribution in [3.8, 4) is 0 Å². The molecule has 0 atom stereocenters. The van der Waals surface area contributed by atoms with Crippen LogP contribution in [0.3, 0.4) is 0 Å². The summed E-state index contributed by atoms with van der Waals surface area (Å²) in [6, 6.07) is 13.3. The maximum atomic E-state index is 11.1. The van der Waals surface area contributed by atoms with Gasteiger partial charge < -0.3 is 10.6 Å². The number of hydrogen-bond donors (Lipinski definition) is 2. The monoisotopic (exact) mass is 275 g/mol. The molecule has 2 aromatic rings. The first-order chi connectivity index (χ1) is 9.28. The van der Waals surface area contributed by atoms with Gasteiger partial charge in [-0.3, -0.25) is 4.79 Å². The average Bonchev–Trinajstić information content (AvgIpc) is 2.47. The minimum absolute atomic E-state index is 0.0387. The van der Waals surface area contributed by atoms with Crippen LogP contribution in [-0.2, 0) is 11.3 Å². The fourth-order valence-electron chi connectivity index (χ4n) is 1.56. The molecule has 1 aromatic carbocycles. The van der Waals surface area contributed by atoms with E-state index < -0.39 is 0 Å². The van der Waals surface area contributed by atoms with Crippen LogP contribution in [0.25, 0.3) is 0 Å². The van der Waals surface area contributed by atoms with Crippen LogP contribution in [0.1, 0.15) is 5.56 Å². The highest BCUT2D eigenvalue weighted by Crippen LogP contribution is 2.11. The first-order valence-electron chi connectivity index (χ1n) is 5.87. The van der Waals surface area contributed by atoms with Crippen molar-refractivity contribution in [2.24, 2.45) is 0 Å². The summed E-state index contributed by atoms with van der Waals surface area (Å²) in [6.07, 6.45) is 1.74. The van der Waals surface area contributed by atoms with E-state index in [4.69, 9.17) is 11.6 Å². The third-order valence-electron chi connectivity index (χ3n) is 2.50. The number of pyridine rings is 1. The fourth-order valence-corrected chi connectivity index (χ4v) is 1.63. The number of nitrogens with one attached hydrogen (secondary N) is 2. The Hall–Kier alpha value is -2.07. The highest BCUT2D eigenvalue weighted by atomic mass is 35.5. The molecule has 2 rings (SSSR count). The number of rotatable bonds is 5. The molecule has 0 bridgehead atoms. The van der Waals surface area contributed by atoms with E-state index in [1.165, 1.54) is 0 Å².